The Morgan fingerprint density at radius 2 is 1.76 bits per heavy atom. The largest absolute Gasteiger partial charge is 0.310 e. The van der Waals surface area contributed by atoms with E-state index in [4.69, 9.17) is 0 Å². The molecule has 9 heteroatoms. The van der Waals surface area contributed by atoms with Crippen LogP contribution < -0.4 is 4.90 Å². The second kappa shape index (κ2) is 7.31. The van der Waals surface area contributed by atoms with Crippen LogP contribution in [-0.2, 0) is 0 Å². The summed E-state index contributed by atoms with van der Waals surface area (Å²) in [7, 11) is 1.53. The molecule has 2 rings (SSSR count). The molecule has 0 saturated carbocycles. The van der Waals surface area contributed by atoms with Gasteiger partial charge in [0.05, 0.1) is 27.2 Å². The summed E-state index contributed by atoms with van der Waals surface area (Å²) in [5.74, 6) is -0.550. The van der Waals surface area contributed by atoms with Crippen LogP contribution in [0, 0.1) is 27.2 Å². The number of rotatable bonds is 5. The van der Waals surface area contributed by atoms with E-state index >= 15 is 0 Å². The van der Waals surface area contributed by atoms with E-state index < -0.39 is 27.1 Å². The lowest BCUT2D eigenvalue weighted by molar-refractivity contribution is -0.394. The molecule has 0 atom stereocenters. The Bertz CT molecular complexity index is 869. The van der Waals surface area contributed by atoms with Crippen LogP contribution in [-0.4, -0.2) is 29.1 Å². The zero-order valence-corrected chi connectivity index (χ0v) is 14.6. The highest BCUT2D eigenvalue weighted by atomic mass is 32.2. The standard InChI is InChI=1S/C16H15N3O5S/c1-10-12(8-11(18(21)22)9-14(10)19(23)24)16(20)17(2)13-6-4-5-7-15(13)25-3/h4-9H,1-3H3. The van der Waals surface area contributed by atoms with E-state index in [9.17, 15) is 25.0 Å². The van der Waals surface area contributed by atoms with Gasteiger partial charge < -0.3 is 4.90 Å². The SMILES string of the molecule is CSc1ccccc1N(C)C(=O)c1cc([N+](=O)[O-])cc([N+](=O)[O-])c1C. The van der Waals surface area contributed by atoms with Crippen molar-refractivity contribution >= 4 is 34.7 Å². The van der Waals surface area contributed by atoms with Crippen molar-refractivity contribution in [3.8, 4) is 0 Å². The number of para-hydroxylation sites is 1. The summed E-state index contributed by atoms with van der Waals surface area (Å²) in [4.78, 5) is 35.8. The first-order valence-corrected chi connectivity index (χ1v) is 8.35. The maximum atomic E-state index is 12.9. The number of carbonyl (C=O) groups is 1. The summed E-state index contributed by atoms with van der Waals surface area (Å²) in [6.07, 6.45) is 1.86. The monoisotopic (exact) mass is 361 g/mol. The number of amides is 1. The first-order chi connectivity index (χ1) is 11.8. The predicted molar refractivity (Wildman–Crippen MR) is 95.4 cm³/mol. The zero-order valence-electron chi connectivity index (χ0n) is 13.8. The molecule has 2 aromatic rings. The van der Waals surface area contributed by atoms with E-state index in [0.717, 1.165) is 17.0 Å². The molecule has 25 heavy (non-hydrogen) atoms. The second-order valence-corrected chi connectivity index (χ2v) is 6.04. The fraction of sp³-hybridized carbons (Fsp3) is 0.188. The van der Waals surface area contributed by atoms with Crippen molar-refractivity contribution in [2.24, 2.45) is 0 Å². The molecule has 2 aromatic carbocycles. The maximum absolute atomic E-state index is 12.9. The average Bonchev–Trinajstić information content (AvgIpc) is 2.60. The number of anilines is 1. The lowest BCUT2D eigenvalue weighted by Crippen LogP contribution is -2.27. The Hall–Kier alpha value is -2.94. The van der Waals surface area contributed by atoms with Crippen molar-refractivity contribution in [3.05, 3.63) is 67.8 Å². The molecular weight excluding hydrogens is 346 g/mol. The van der Waals surface area contributed by atoms with Crippen molar-refractivity contribution in [3.63, 3.8) is 0 Å². The number of thioether (sulfide) groups is 1. The average molecular weight is 361 g/mol. The number of carbonyl (C=O) groups excluding carboxylic acids is 1. The molecule has 0 spiro atoms. The third-order valence-corrected chi connectivity index (χ3v) is 4.54. The summed E-state index contributed by atoms with van der Waals surface area (Å²) in [5, 5.41) is 22.2. The fourth-order valence-corrected chi connectivity index (χ4v) is 3.03. The molecule has 0 N–H and O–H groups in total. The molecule has 0 aromatic heterocycles. The molecule has 0 bridgehead atoms. The van der Waals surface area contributed by atoms with Crippen molar-refractivity contribution in [1.82, 2.24) is 0 Å². The molecule has 130 valence electrons. The highest BCUT2D eigenvalue weighted by molar-refractivity contribution is 7.98. The lowest BCUT2D eigenvalue weighted by atomic mass is 10.0. The van der Waals surface area contributed by atoms with Gasteiger partial charge in [0.1, 0.15) is 0 Å². The third-order valence-electron chi connectivity index (χ3n) is 3.75. The van der Waals surface area contributed by atoms with Gasteiger partial charge in [0.25, 0.3) is 17.3 Å². The van der Waals surface area contributed by atoms with Gasteiger partial charge in [-0.05, 0) is 25.3 Å². The van der Waals surface area contributed by atoms with Gasteiger partial charge >= 0.3 is 0 Å². The Morgan fingerprint density at radius 3 is 2.32 bits per heavy atom. The number of hydrogen-bond acceptors (Lipinski definition) is 6. The van der Waals surface area contributed by atoms with Gasteiger partial charge in [-0.1, -0.05) is 12.1 Å². The van der Waals surface area contributed by atoms with E-state index in [1.165, 1.54) is 30.6 Å². The van der Waals surface area contributed by atoms with Crippen molar-refractivity contribution < 1.29 is 14.6 Å². The predicted octanol–water partition coefficient (Wildman–Crippen LogP) is 3.81. The van der Waals surface area contributed by atoms with Crippen LogP contribution in [0.15, 0.2) is 41.3 Å². The first kappa shape index (κ1) is 18.4. The van der Waals surface area contributed by atoms with E-state index in [1.807, 2.05) is 18.4 Å². The Balaban J connectivity index is 2.58. The minimum absolute atomic E-state index is 0.0701. The molecule has 0 aliphatic carbocycles. The van der Waals surface area contributed by atoms with Crippen LogP contribution in [0.3, 0.4) is 0 Å². The van der Waals surface area contributed by atoms with Gasteiger partial charge in [-0.15, -0.1) is 11.8 Å². The Morgan fingerprint density at radius 1 is 1.12 bits per heavy atom. The molecule has 0 radical (unpaired) electrons. The summed E-state index contributed by atoms with van der Waals surface area (Å²) in [6.45, 7) is 1.41. The summed E-state index contributed by atoms with van der Waals surface area (Å²) in [6, 6.07) is 9.11. The van der Waals surface area contributed by atoms with Crippen molar-refractivity contribution in [2.75, 3.05) is 18.2 Å². The van der Waals surface area contributed by atoms with Gasteiger partial charge in [0.15, 0.2) is 0 Å². The number of nitro groups is 2. The molecule has 8 nitrogen and oxygen atoms in total. The van der Waals surface area contributed by atoms with Gasteiger partial charge in [-0.25, -0.2) is 0 Å². The molecule has 0 heterocycles. The van der Waals surface area contributed by atoms with Gasteiger partial charge in [0.2, 0.25) is 0 Å². The number of benzene rings is 2. The molecule has 0 saturated heterocycles. The smallest absolute Gasteiger partial charge is 0.279 e. The van der Waals surface area contributed by atoms with Crippen LogP contribution in [0.25, 0.3) is 0 Å². The number of nitro benzene ring substituents is 2. The molecule has 0 unspecified atom stereocenters. The van der Waals surface area contributed by atoms with Crippen LogP contribution >= 0.6 is 11.8 Å². The molecule has 1 amide bonds. The molecule has 0 aliphatic heterocycles. The van der Waals surface area contributed by atoms with E-state index in [0.29, 0.717) is 5.69 Å². The summed E-state index contributed by atoms with van der Waals surface area (Å²) < 4.78 is 0. The number of nitrogens with zero attached hydrogens (tertiary/aromatic N) is 3. The number of hydrogen-bond donors (Lipinski definition) is 0. The van der Waals surface area contributed by atoms with Crippen LogP contribution in [0.1, 0.15) is 15.9 Å². The Labute approximate surface area is 147 Å². The minimum atomic E-state index is -0.751. The minimum Gasteiger partial charge on any atom is -0.310 e. The van der Waals surface area contributed by atoms with Crippen LogP contribution in [0.5, 0.6) is 0 Å². The molecule has 0 aliphatic rings. The Kier molecular flexibility index (Phi) is 5.38. The quantitative estimate of drug-likeness (QED) is 0.455. The summed E-state index contributed by atoms with van der Waals surface area (Å²) in [5.41, 5.74) is -0.307. The van der Waals surface area contributed by atoms with E-state index in [1.54, 1.807) is 12.1 Å². The molecule has 0 fully saturated rings. The maximum Gasteiger partial charge on any atom is 0.279 e. The lowest BCUT2D eigenvalue weighted by Gasteiger charge is -2.20. The van der Waals surface area contributed by atoms with Crippen LogP contribution in [0.4, 0.5) is 17.1 Å². The fourth-order valence-electron chi connectivity index (χ4n) is 2.40. The highest BCUT2D eigenvalue weighted by Gasteiger charge is 2.27. The third kappa shape index (κ3) is 3.61. The van der Waals surface area contributed by atoms with Crippen molar-refractivity contribution in [2.45, 2.75) is 11.8 Å². The second-order valence-electron chi connectivity index (χ2n) is 5.19. The molecular formula is C16H15N3O5S. The number of non-ortho nitro benzene ring substituents is 1. The highest BCUT2D eigenvalue weighted by Crippen LogP contribution is 2.32. The topological polar surface area (TPSA) is 107 Å². The zero-order chi connectivity index (χ0) is 18.7. The van der Waals surface area contributed by atoms with Gasteiger partial charge in [-0.3, -0.25) is 25.0 Å². The van der Waals surface area contributed by atoms with E-state index in [2.05, 4.69) is 0 Å². The normalized spacial score (nSPS) is 10.4. The van der Waals surface area contributed by atoms with Gasteiger partial charge in [0, 0.05) is 23.6 Å². The van der Waals surface area contributed by atoms with E-state index in [-0.39, 0.29) is 11.1 Å². The summed E-state index contributed by atoms with van der Waals surface area (Å²) >= 11 is 1.45. The van der Waals surface area contributed by atoms with Gasteiger partial charge in [-0.2, -0.15) is 0 Å². The van der Waals surface area contributed by atoms with Crippen molar-refractivity contribution in [1.29, 1.82) is 0 Å². The first-order valence-electron chi connectivity index (χ1n) is 7.12. The van der Waals surface area contributed by atoms with Crippen LogP contribution in [0.2, 0.25) is 0 Å².